The van der Waals surface area contributed by atoms with Crippen LogP contribution in [-0.2, 0) is 18.3 Å². The molecule has 0 aliphatic carbocycles. The summed E-state index contributed by atoms with van der Waals surface area (Å²) in [5, 5.41) is 3.97. The third-order valence-corrected chi connectivity index (χ3v) is 3.43. The van der Waals surface area contributed by atoms with Crippen LogP contribution in [0.2, 0.25) is 0 Å². The molecule has 1 amide bonds. The number of fused-ring (bicyclic) bond motifs is 1. The standard InChI is InChI=1S/C17H15FN2O/c1-20-8-7-13-5-6-15(11-16(13)20)19-17(21)10-12-3-2-4-14(18)9-12/h2-9,11H,10H2,1H3,(H,19,21). The quantitative estimate of drug-likeness (QED) is 0.784. The normalized spacial score (nSPS) is 10.8. The van der Waals surface area contributed by atoms with Crippen molar-refractivity contribution in [3.8, 4) is 0 Å². The second-order valence-electron chi connectivity index (χ2n) is 5.06. The number of nitrogens with one attached hydrogen (secondary N) is 1. The van der Waals surface area contributed by atoms with Gasteiger partial charge in [-0.25, -0.2) is 4.39 Å². The number of benzene rings is 2. The Morgan fingerprint density at radius 2 is 2.05 bits per heavy atom. The van der Waals surface area contributed by atoms with Crippen molar-refractivity contribution in [1.82, 2.24) is 4.57 Å². The van der Waals surface area contributed by atoms with Gasteiger partial charge in [-0.3, -0.25) is 4.79 Å². The van der Waals surface area contributed by atoms with Crippen molar-refractivity contribution in [2.24, 2.45) is 7.05 Å². The SMILES string of the molecule is Cn1ccc2ccc(NC(=O)Cc3cccc(F)c3)cc21. The minimum atomic E-state index is -0.328. The van der Waals surface area contributed by atoms with Gasteiger partial charge in [0.2, 0.25) is 5.91 Å². The predicted octanol–water partition coefficient (Wildman–Crippen LogP) is 3.50. The lowest BCUT2D eigenvalue weighted by Crippen LogP contribution is -2.14. The van der Waals surface area contributed by atoms with Gasteiger partial charge in [0.05, 0.1) is 6.42 Å². The summed E-state index contributed by atoms with van der Waals surface area (Å²) in [4.78, 5) is 12.0. The predicted molar refractivity (Wildman–Crippen MR) is 81.7 cm³/mol. The maximum atomic E-state index is 13.1. The van der Waals surface area contributed by atoms with Crippen molar-refractivity contribution in [2.75, 3.05) is 5.32 Å². The molecule has 1 N–H and O–H groups in total. The average Bonchev–Trinajstić information content (AvgIpc) is 2.80. The van der Waals surface area contributed by atoms with Crippen LogP contribution >= 0.6 is 0 Å². The van der Waals surface area contributed by atoms with Gasteiger partial charge in [0.1, 0.15) is 5.82 Å². The third kappa shape index (κ3) is 2.94. The van der Waals surface area contributed by atoms with Crippen LogP contribution in [0.15, 0.2) is 54.7 Å². The molecule has 1 aromatic heterocycles. The lowest BCUT2D eigenvalue weighted by Gasteiger charge is -2.06. The van der Waals surface area contributed by atoms with Gasteiger partial charge in [0.25, 0.3) is 0 Å². The topological polar surface area (TPSA) is 34.0 Å². The minimum absolute atomic E-state index is 0.156. The fourth-order valence-corrected chi connectivity index (χ4v) is 2.38. The number of aryl methyl sites for hydroxylation is 1. The number of aromatic nitrogens is 1. The number of anilines is 1. The Labute approximate surface area is 122 Å². The zero-order chi connectivity index (χ0) is 14.8. The molecular weight excluding hydrogens is 267 g/mol. The fraction of sp³-hybridized carbons (Fsp3) is 0.118. The third-order valence-electron chi connectivity index (χ3n) is 3.43. The molecule has 0 radical (unpaired) electrons. The van der Waals surface area contributed by atoms with Crippen molar-refractivity contribution in [3.05, 3.63) is 66.1 Å². The summed E-state index contributed by atoms with van der Waals surface area (Å²) in [5.74, 6) is -0.486. The zero-order valence-corrected chi connectivity index (χ0v) is 11.6. The molecule has 3 rings (SSSR count). The van der Waals surface area contributed by atoms with E-state index in [9.17, 15) is 9.18 Å². The van der Waals surface area contributed by atoms with Crippen molar-refractivity contribution in [2.45, 2.75) is 6.42 Å². The highest BCUT2D eigenvalue weighted by atomic mass is 19.1. The number of hydrogen-bond donors (Lipinski definition) is 1. The summed E-state index contributed by atoms with van der Waals surface area (Å²) < 4.78 is 15.1. The molecule has 0 spiro atoms. The van der Waals surface area contributed by atoms with Gasteiger partial charge in [0, 0.05) is 24.4 Å². The Morgan fingerprint density at radius 3 is 2.86 bits per heavy atom. The molecule has 3 nitrogen and oxygen atoms in total. The van der Waals surface area contributed by atoms with E-state index in [0.29, 0.717) is 5.56 Å². The van der Waals surface area contributed by atoms with Gasteiger partial charge in [-0.05, 0) is 41.3 Å². The van der Waals surface area contributed by atoms with Crippen LogP contribution in [-0.4, -0.2) is 10.5 Å². The first kappa shape index (κ1) is 13.4. The summed E-state index contributed by atoms with van der Waals surface area (Å²) in [5.41, 5.74) is 2.46. The van der Waals surface area contributed by atoms with Crippen molar-refractivity contribution >= 4 is 22.5 Å². The van der Waals surface area contributed by atoms with Gasteiger partial charge in [-0.15, -0.1) is 0 Å². The number of hydrogen-bond acceptors (Lipinski definition) is 1. The molecule has 4 heteroatoms. The monoisotopic (exact) mass is 282 g/mol. The molecule has 0 bridgehead atoms. The van der Waals surface area contributed by atoms with Crippen LogP contribution in [0.5, 0.6) is 0 Å². The summed E-state index contributed by atoms with van der Waals surface area (Å²) >= 11 is 0. The largest absolute Gasteiger partial charge is 0.350 e. The summed E-state index contributed by atoms with van der Waals surface area (Å²) in [7, 11) is 1.96. The van der Waals surface area contributed by atoms with Crippen LogP contribution < -0.4 is 5.32 Å². The number of carbonyl (C=O) groups is 1. The van der Waals surface area contributed by atoms with Gasteiger partial charge < -0.3 is 9.88 Å². The number of carbonyl (C=O) groups excluding carboxylic acids is 1. The molecule has 0 aliphatic rings. The van der Waals surface area contributed by atoms with Crippen molar-refractivity contribution < 1.29 is 9.18 Å². The van der Waals surface area contributed by atoms with E-state index in [0.717, 1.165) is 16.6 Å². The van der Waals surface area contributed by atoms with Gasteiger partial charge in [0.15, 0.2) is 0 Å². The molecule has 2 aromatic carbocycles. The molecule has 21 heavy (non-hydrogen) atoms. The highest BCUT2D eigenvalue weighted by Gasteiger charge is 2.06. The molecule has 0 aliphatic heterocycles. The first-order valence-electron chi connectivity index (χ1n) is 6.71. The Bertz CT molecular complexity index is 807. The first-order chi connectivity index (χ1) is 10.1. The van der Waals surface area contributed by atoms with Gasteiger partial charge in [-0.1, -0.05) is 18.2 Å². The first-order valence-corrected chi connectivity index (χ1v) is 6.71. The fourth-order valence-electron chi connectivity index (χ4n) is 2.38. The van der Waals surface area contributed by atoms with E-state index in [2.05, 4.69) is 5.32 Å². The van der Waals surface area contributed by atoms with E-state index in [-0.39, 0.29) is 18.1 Å². The maximum Gasteiger partial charge on any atom is 0.228 e. The van der Waals surface area contributed by atoms with Crippen LogP contribution in [0.25, 0.3) is 10.9 Å². The summed E-state index contributed by atoms with van der Waals surface area (Å²) in [6, 6.07) is 13.9. The Hall–Kier alpha value is -2.62. The van der Waals surface area contributed by atoms with Gasteiger partial charge in [-0.2, -0.15) is 0 Å². The molecule has 3 aromatic rings. The second kappa shape index (κ2) is 5.40. The lowest BCUT2D eigenvalue weighted by atomic mass is 10.1. The lowest BCUT2D eigenvalue weighted by molar-refractivity contribution is -0.115. The van der Waals surface area contributed by atoms with E-state index in [1.807, 2.05) is 42.1 Å². The summed E-state index contributed by atoms with van der Waals surface area (Å²) in [6.45, 7) is 0. The molecule has 0 saturated carbocycles. The van der Waals surface area contributed by atoms with E-state index in [4.69, 9.17) is 0 Å². The Balaban J connectivity index is 1.75. The number of amides is 1. The van der Waals surface area contributed by atoms with E-state index in [1.54, 1.807) is 12.1 Å². The Kier molecular flexibility index (Phi) is 3.44. The molecule has 0 fully saturated rings. The molecule has 1 heterocycles. The van der Waals surface area contributed by atoms with E-state index < -0.39 is 0 Å². The zero-order valence-electron chi connectivity index (χ0n) is 11.6. The molecule has 0 unspecified atom stereocenters. The van der Waals surface area contributed by atoms with E-state index >= 15 is 0 Å². The van der Waals surface area contributed by atoms with Crippen LogP contribution in [0.3, 0.4) is 0 Å². The average molecular weight is 282 g/mol. The van der Waals surface area contributed by atoms with Crippen LogP contribution in [0.1, 0.15) is 5.56 Å². The number of nitrogens with zero attached hydrogens (tertiary/aromatic N) is 1. The molecular formula is C17H15FN2O. The molecule has 0 atom stereocenters. The Morgan fingerprint density at radius 1 is 1.19 bits per heavy atom. The molecule has 0 saturated heterocycles. The van der Waals surface area contributed by atoms with Gasteiger partial charge >= 0.3 is 0 Å². The van der Waals surface area contributed by atoms with Crippen LogP contribution in [0.4, 0.5) is 10.1 Å². The summed E-state index contributed by atoms with van der Waals surface area (Å²) in [6.07, 6.45) is 2.13. The smallest absolute Gasteiger partial charge is 0.228 e. The second-order valence-corrected chi connectivity index (χ2v) is 5.06. The van der Waals surface area contributed by atoms with Crippen molar-refractivity contribution in [3.63, 3.8) is 0 Å². The highest BCUT2D eigenvalue weighted by Crippen LogP contribution is 2.19. The van der Waals surface area contributed by atoms with Crippen molar-refractivity contribution in [1.29, 1.82) is 0 Å². The number of rotatable bonds is 3. The minimum Gasteiger partial charge on any atom is -0.350 e. The molecule has 106 valence electrons. The highest BCUT2D eigenvalue weighted by molar-refractivity contribution is 5.94. The van der Waals surface area contributed by atoms with Crippen LogP contribution in [0, 0.1) is 5.82 Å². The number of halogens is 1. The van der Waals surface area contributed by atoms with E-state index in [1.165, 1.54) is 12.1 Å². The maximum absolute atomic E-state index is 13.1.